The van der Waals surface area contributed by atoms with Crippen molar-refractivity contribution < 1.29 is 42.1 Å². The number of aliphatic hydroxyl groups is 1. The summed E-state index contributed by atoms with van der Waals surface area (Å²) in [5.41, 5.74) is -0.466. The molecule has 1 aromatic rings. The van der Waals surface area contributed by atoms with Crippen LogP contribution < -0.4 is 4.74 Å². The van der Waals surface area contributed by atoms with E-state index < -0.39 is 41.0 Å². The predicted octanol–water partition coefficient (Wildman–Crippen LogP) is 3.49. The first-order valence-electron chi connectivity index (χ1n) is 9.31. The number of ketones is 1. The van der Waals surface area contributed by atoms with Gasteiger partial charge in [0.2, 0.25) is 0 Å². The highest BCUT2D eigenvalue weighted by atomic mass is 19.4. The molecule has 0 aromatic heterocycles. The lowest BCUT2D eigenvalue weighted by atomic mass is 9.66. The van der Waals surface area contributed by atoms with Gasteiger partial charge in [-0.3, -0.25) is 9.59 Å². The van der Waals surface area contributed by atoms with Crippen molar-refractivity contribution in [2.75, 3.05) is 14.2 Å². The molecule has 164 valence electrons. The Kier molecular flexibility index (Phi) is 5.39. The number of benzene rings is 1. The first-order valence-corrected chi connectivity index (χ1v) is 9.31. The van der Waals surface area contributed by atoms with E-state index in [0.29, 0.717) is 5.75 Å². The second-order valence-electron chi connectivity index (χ2n) is 8.33. The van der Waals surface area contributed by atoms with Gasteiger partial charge in [-0.1, -0.05) is 26.0 Å². The van der Waals surface area contributed by atoms with Gasteiger partial charge in [0.25, 0.3) is 0 Å². The quantitative estimate of drug-likeness (QED) is 0.743. The van der Waals surface area contributed by atoms with Crippen LogP contribution in [-0.2, 0) is 19.1 Å². The molecule has 0 bridgehead atoms. The fourth-order valence-corrected chi connectivity index (χ4v) is 4.19. The Balaban J connectivity index is 2.29. The van der Waals surface area contributed by atoms with E-state index in [4.69, 9.17) is 9.47 Å². The van der Waals surface area contributed by atoms with Crippen molar-refractivity contribution in [1.29, 1.82) is 0 Å². The highest BCUT2D eigenvalue weighted by molar-refractivity contribution is 6.00. The first-order chi connectivity index (χ1) is 13.8. The number of ether oxygens (including phenoxy) is 3. The summed E-state index contributed by atoms with van der Waals surface area (Å²) < 4.78 is 56.8. The lowest BCUT2D eigenvalue weighted by Crippen LogP contribution is -2.61. The highest BCUT2D eigenvalue weighted by Gasteiger charge is 2.70. The third-order valence-corrected chi connectivity index (χ3v) is 5.56. The van der Waals surface area contributed by atoms with Gasteiger partial charge in [0.15, 0.2) is 5.78 Å². The van der Waals surface area contributed by atoms with E-state index in [0.717, 1.165) is 7.11 Å². The van der Waals surface area contributed by atoms with Gasteiger partial charge >= 0.3 is 17.9 Å². The summed E-state index contributed by atoms with van der Waals surface area (Å²) in [5.74, 6) is -9.05. The van der Waals surface area contributed by atoms with E-state index in [-0.39, 0.29) is 29.7 Å². The molecule has 2 aliphatic rings. The van der Waals surface area contributed by atoms with E-state index in [2.05, 4.69) is 4.74 Å². The summed E-state index contributed by atoms with van der Waals surface area (Å²) in [7, 11) is 2.34. The van der Waals surface area contributed by atoms with Crippen LogP contribution in [0.15, 0.2) is 35.6 Å². The molecule has 9 heteroatoms. The SMILES string of the molecule is COC(=O)[C@@H]1[C@@H](c2ccc(OC)cc2)C2=C(CC(C)(C)CC2=O)O[C@@]1(O)C(F)(F)F. The van der Waals surface area contributed by atoms with Crippen LogP contribution in [0.5, 0.6) is 5.75 Å². The Morgan fingerprint density at radius 2 is 1.77 bits per heavy atom. The van der Waals surface area contributed by atoms with Crippen LogP contribution >= 0.6 is 0 Å². The number of hydrogen-bond donors (Lipinski definition) is 1. The van der Waals surface area contributed by atoms with Crippen molar-refractivity contribution >= 4 is 11.8 Å². The van der Waals surface area contributed by atoms with Crippen molar-refractivity contribution in [3.8, 4) is 5.75 Å². The lowest BCUT2D eigenvalue weighted by Gasteiger charge is -2.47. The monoisotopic (exact) mass is 428 g/mol. The Hall–Kier alpha value is -2.55. The maximum absolute atomic E-state index is 14.0. The minimum Gasteiger partial charge on any atom is -0.497 e. The van der Waals surface area contributed by atoms with Gasteiger partial charge in [-0.15, -0.1) is 0 Å². The number of carbonyl (C=O) groups is 2. The van der Waals surface area contributed by atoms with Crippen LogP contribution in [0, 0.1) is 11.3 Å². The molecule has 0 spiro atoms. The Bertz CT molecular complexity index is 887. The van der Waals surface area contributed by atoms with Gasteiger partial charge in [-0.25, -0.2) is 0 Å². The minimum atomic E-state index is -5.32. The molecule has 1 N–H and O–H groups in total. The van der Waals surface area contributed by atoms with Crippen molar-refractivity contribution in [1.82, 2.24) is 0 Å². The third kappa shape index (κ3) is 3.55. The zero-order valence-corrected chi connectivity index (χ0v) is 17.0. The number of methoxy groups -OCH3 is 2. The second-order valence-corrected chi connectivity index (χ2v) is 8.33. The normalized spacial score (nSPS) is 28.5. The lowest BCUT2D eigenvalue weighted by molar-refractivity contribution is -0.378. The summed E-state index contributed by atoms with van der Waals surface area (Å²) in [5, 5.41) is 10.7. The Labute approximate surface area is 171 Å². The zero-order chi connectivity index (χ0) is 22.5. The number of Topliss-reactive ketones (excluding diaryl/α,β-unsaturated/α-hetero) is 1. The summed E-state index contributed by atoms with van der Waals surface area (Å²) in [6.45, 7) is 3.44. The molecule has 1 aromatic carbocycles. The molecule has 1 aliphatic carbocycles. The van der Waals surface area contributed by atoms with E-state index in [9.17, 15) is 27.9 Å². The Morgan fingerprint density at radius 1 is 1.17 bits per heavy atom. The molecule has 0 saturated heterocycles. The smallest absolute Gasteiger partial charge is 0.456 e. The summed E-state index contributed by atoms with van der Waals surface area (Å²) >= 11 is 0. The van der Waals surface area contributed by atoms with Gasteiger partial charge in [-0.05, 0) is 23.1 Å². The number of carbonyl (C=O) groups excluding carboxylic acids is 2. The fraction of sp³-hybridized carbons (Fsp3) is 0.524. The molecule has 0 unspecified atom stereocenters. The predicted molar refractivity (Wildman–Crippen MR) is 98.4 cm³/mol. The zero-order valence-electron chi connectivity index (χ0n) is 17.0. The molecule has 6 nitrogen and oxygen atoms in total. The van der Waals surface area contributed by atoms with E-state index in [1.54, 1.807) is 13.8 Å². The molecule has 3 atom stereocenters. The fourth-order valence-electron chi connectivity index (χ4n) is 4.19. The number of esters is 1. The number of halogens is 3. The van der Waals surface area contributed by atoms with E-state index in [1.807, 2.05) is 0 Å². The molecule has 1 heterocycles. The average Bonchev–Trinajstić information content (AvgIpc) is 2.64. The van der Waals surface area contributed by atoms with Crippen molar-refractivity contribution in [2.24, 2.45) is 11.3 Å². The van der Waals surface area contributed by atoms with Gasteiger partial charge in [0.05, 0.1) is 14.2 Å². The van der Waals surface area contributed by atoms with Crippen LogP contribution in [0.1, 0.15) is 38.2 Å². The number of rotatable bonds is 3. The number of alkyl halides is 3. The molecule has 0 saturated carbocycles. The first kappa shape index (κ1) is 22.1. The van der Waals surface area contributed by atoms with Crippen LogP contribution in [0.3, 0.4) is 0 Å². The highest BCUT2D eigenvalue weighted by Crippen LogP contribution is 2.56. The number of hydrogen-bond acceptors (Lipinski definition) is 6. The molecular weight excluding hydrogens is 405 g/mol. The summed E-state index contributed by atoms with van der Waals surface area (Å²) in [4.78, 5) is 25.5. The topological polar surface area (TPSA) is 82.1 Å². The second kappa shape index (κ2) is 7.30. The maximum Gasteiger partial charge on any atom is 0.456 e. The van der Waals surface area contributed by atoms with Crippen LogP contribution in [-0.4, -0.2) is 43.0 Å². The largest absolute Gasteiger partial charge is 0.497 e. The average molecular weight is 428 g/mol. The molecule has 0 fully saturated rings. The maximum atomic E-state index is 14.0. The van der Waals surface area contributed by atoms with Gasteiger partial charge in [0.1, 0.15) is 17.4 Å². The van der Waals surface area contributed by atoms with Gasteiger partial charge < -0.3 is 19.3 Å². The number of allylic oxidation sites excluding steroid dienone is 2. The molecule has 30 heavy (non-hydrogen) atoms. The Morgan fingerprint density at radius 3 is 2.27 bits per heavy atom. The van der Waals surface area contributed by atoms with Crippen LogP contribution in [0.4, 0.5) is 13.2 Å². The standard InChI is InChI=1S/C21H23F3O6/c1-19(2)9-13(25)16-14(10-19)30-20(27,21(22,23)24)17(18(26)29-4)15(16)11-5-7-12(28-3)8-6-11/h5-8,15,17,27H,9-10H2,1-4H3/t15-,17-,20+/m0/s1. The molecule has 1 aliphatic heterocycles. The van der Waals surface area contributed by atoms with Crippen LogP contribution in [0.25, 0.3) is 0 Å². The molecule has 0 radical (unpaired) electrons. The van der Waals surface area contributed by atoms with Crippen molar-refractivity contribution in [3.05, 3.63) is 41.2 Å². The third-order valence-electron chi connectivity index (χ3n) is 5.56. The molecular formula is C21H23F3O6. The van der Waals surface area contributed by atoms with Gasteiger partial charge in [0, 0.05) is 24.3 Å². The summed E-state index contributed by atoms with van der Waals surface area (Å²) in [6.07, 6.45) is -5.24. The van der Waals surface area contributed by atoms with Crippen molar-refractivity contribution in [2.45, 2.75) is 44.6 Å². The minimum absolute atomic E-state index is 0.00695. The van der Waals surface area contributed by atoms with E-state index in [1.165, 1.54) is 31.4 Å². The molecule has 0 amide bonds. The van der Waals surface area contributed by atoms with Gasteiger partial charge in [-0.2, -0.15) is 13.2 Å². The van der Waals surface area contributed by atoms with Crippen molar-refractivity contribution in [3.63, 3.8) is 0 Å². The van der Waals surface area contributed by atoms with E-state index >= 15 is 0 Å². The molecule has 3 rings (SSSR count). The summed E-state index contributed by atoms with van der Waals surface area (Å²) in [6, 6.07) is 5.92. The van der Waals surface area contributed by atoms with Crippen LogP contribution in [0.2, 0.25) is 0 Å².